The van der Waals surface area contributed by atoms with E-state index in [0.717, 1.165) is 15.0 Å². The average Bonchev–Trinajstić information content (AvgIpc) is 3.13. The van der Waals surface area contributed by atoms with E-state index in [0.29, 0.717) is 16.3 Å². The van der Waals surface area contributed by atoms with Gasteiger partial charge in [-0.2, -0.15) is 13.5 Å². The topological polar surface area (TPSA) is 85.2 Å². The molecule has 0 bridgehead atoms. The van der Waals surface area contributed by atoms with E-state index in [1.54, 1.807) is 43.5 Å². The second-order valence-electron chi connectivity index (χ2n) is 6.43. The average molecular weight is 465 g/mol. The lowest BCUT2D eigenvalue weighted by atomic mass is 10.2. The van der Waals surface area contributed by atoms with Crippen LogP contribution in [0, 0.1) is 6.92 Å². The molecular formula is C18H17N4O3PS3. The minimum absolute atomic E-state index is 0.137. The van der Waals surface area contributed by atoms with Crippen LogP contribution in [0.4, 0.5) is 5.82 Å². The lowest BCUT2D eigenvalue weighted by molar-refractivity contribution is 0.415. The van der Waals surface area contributed by atoms with Crippen LogP contribution in [0.5, 0.6) is 5.75 Å². The summed E-state index contributed by atoms with van der Waals surface area (Å²) in [6.07, 6.45) is -1.21. The number of rotatable bonds is 4. The summed E-state index contributed by atoms with van der Waals surface area (Å²) in [4.78, 5) is 0.501. The molecule has 0 radical (unpaired) electrons. The van der Waals surface area contributed by atoms with Crippen molar-refractivity contribution in [2.75, 3.05) is 12.2 Å². The van der Waals surface area contributed by atoms with Gasteiger partial charge in [-0.15, -0.1) is 4.09 Å². The molecule has 4 rings (SSSR count). The summed E-state index contributed by atoms with van der Waals surface area (Å²) in [5, 5.41) is 11.3. The number of nitrogens with zero attached hydrogens (tertiary/aromatic N) is 2. The quantitative estimate of drug-likeness (QED) is 0.451. The van der Waals surface area contributed by atoms with Gasteiger partial charge in [-0.3, -0.25) is 0 Å². The highest BCUT2D eigenvalue weighted by atomic mass is 32.4. The molecule has 2 aromatic carbocycles. The minimum atomic E-state index is -3.91. The van der Waals surface area contributed by atoms with Crippen molar-refractivity contribution in [3.8, 4) is 5.75 Å². The van der Waals surface area contributed by atoms with Crippen LogP contribution in [0.15, 0.2) is 59.6 Å². The number of fused-ring (bicyclic) bond motifs is 1. The van der Waals surface area contributed by atoms with Crippen molar-refractivity contribution in [3.63, 3.8) is 0 Å². The highest BCUT2D eigenvalue weighted by molar-refractivity contribution is 8.18. The van der Waals surface area contributed by atoms with Crippen molar-refractivity contribution in [1.82, 2.24) is 14.3 Å². The Hall–Kier alpha value is -2.26. The van der Waals surface area contributed by atoms with E-state index in [2.05, 4.69) is 15.3 Å². The molecule has 2 heterocycles. The van der Waals surface area contributed by atoms with Crippen molar-refractivity contribution in [3.05, 3.63) is 65.9 Å². The van der Waals surface area contributed by atoms with Crippen molar-refractivity contribution in [1.29, 1.82) is 0 Å². The molecule has 1 aliphatic rings. The molecule has 2 N–H and O–H groups in total. The zero-order chi connectivity index (χ0) is 20.8. The molecule has 3 aromatic rings. The van der Waals surface area contributed by atoms with Crippen molar-refractivity contribution in [2.45, 2.75) is 11.8 Å². The maximum absolute atomic E-state index is 13.2. The predicted molar refractivity (Wildman–Crippen MR) is 121 cm³/mol. The highest BCUT2D eigenvalue weighted by Gasteiger charge is 2.34. The largest absolute Gasteiger partial charge is 0.497 e. The van der Waals surface area contributed by atoms with Crippen LogP contribution in [0.2, 0.25) is 0 Å². The van der Waals surface area contributed by atoms with Gasteiger partial charge < -0.3 is 14.9 Å². The molecule has 1 aromatic heterocycles. The fourth-order valence-corrected chi connectivity index (χ4v) is 7.63. The van der Waals surface area contributed by atoms with Crippen LogP contribution in [-0.4, -0.2) is 29.7 Å². The zero-order valence-electron chi connectivity index (χ0n) is 15.5. The van der Waals surface area contributed by atoms with Crippen LogP contribution in [0.3, 0.4) is 0 Å². The Morgan fingerprint density at radius 3 is 2.34 bits per heavy atom. The number of ether oxygens (including phenoxy) is 1. The first kappa shape index (κ1) is 20.0. The molecule has 11 heteroatoms. The Labute approximate surface area is 179 Å². The predicted octanol–water partition coefficient (Wildman–Crippen LogP) is 2.76. The Balaban J connectivity index is 1.79. The molecule has 0 fully saturated rings. The number of aryl methyl sites for hydroxylation is 1. The first-order valence-corrected chi connectivity index (χ1v) is 13.2. The van der Waals surface area contributed by atoms with E-state index in [4.69, 9.17) is 28.8 Å². The van der Waals surface area contributed by atoms with E-state index < -0.39 is 16.4 Å². The van der Waals surface area contributed by atoms with Crippen LogP contribution < -0.4 is 20.2 Å². The molecule has 7 nitrogen and oxygen atoms in total. The number of methoxy groups -OCH3 is 1. The number of anilines is 1. The van der Waals surface area contributed by atoms with Crippen LogP contribution in [0.25, 0.3) is 0 Å². The van der Waals surface area contributed by atoms with Gasteiger partial charge in [0.25, 0.3) is 10.0 Å². The van der Waals surface area contributed by atoms with Crippen molar-refractivity contribution in [2.24, 2.45) is 0 Å². The van der Waals surface area contributed by atoms with Gasteiger partial charge in [0, 0.05) is 5.30 Å². The summed E-state index contributed by atoms with van der Waals surface area (Å²) < 4.78 is 32.5. The van der Waals surface area contributed by atoms with Gasteiger partial charge in [0.1, 0.15) is 17.1 Å². The van der Waals surface area contributed by atoms with Crippen molar-refractivity contribution < 1.29 is 13.2 Å². The van der Waals surface area contributed by atoms with E-state index in [9.17, 15) is 8.42 Å². The summed E-state index contributed by atoms with van der Waals surface area (Å²) in [7, 11) is -2.33. The summed E-state index contributed by atoms with van der Waals surface area (Å²) in [5.41, 5.74) is 1.45. The molecule has 1 unspecified atom stereocenters. The van der Waals surface area contributed by atoms with E-state index >= 15 is 0 Å². The summed E-state index contributed by atoms with van der Waals surface area (Å²) in [6, 6.07) is 13.9. The summed E-state index contributed by atoms with van der Waals surface area (Å²) in [5.74, 6) is 0.969. The van der Waals surface area contributed by atoms with Crippen molar-refractivity contribution >= 4 is 56.5 Å². The fraction of sp³-hybridized carbons (Fsp3) is 0.111. The maximum atomic E-state index is 13.2. The van der Waals surface area contributed by atoms with E-state index in [-0.39, 0.29) is 10.7 Å². The van der Waals surface area contributed by atoms with E-state index in [1.807, 2.05) is 19.1 Å². The molecular weight excluding hydrogens is 447 g/mol. The smallest absolute Gasteiger partial charge is 0.284 e. The number of aromatic nitrogens is 2. The Kier molecular flexibility index (Phi) is 4.98. The first-order chi connectivity index (χ1) is 13.7. The van der Waals surface area contributed by atoms with Gasteiger partial charge in [-0.25, -0.2) is 0 Å². The lowest BCUT2D eigenvalue weighted by Gasteiger charge is -2.31. The number of hydrogen-bond donors (Lipinski definition) is 2. The Morgan fingerprint density at radius 1 is 1.07 bits per heavy atom. The van der Waals surface area contributed by atoms with Gasteiger partial charge in [0.05, 0.1) is 23.8 Å². The number of nitrogens with one attached hydrogen (secondary N) is 2. The van der Waals surface area contributed by atoms with Gasteiger partial charge in [0.2, 0.25) is 0 Å². The van der Waals surface area contributed by atoms with Crippen LogP contribution in [-0.2, 0) is 21.8 Å². The highest BCUT2D eigenvalue weighted by Crippen LogP contribution is 2.46. The van der Waals surface area contributed by atoms with Gasteiger partial charge in [0.15, 0.2) is 5.82 Å². The third-order valence-corrected chi connectivity index (χ3v) is 9.83. The zero-order valence-corrected chi connectivity index (χ0v) is 18.8. The Morgan fingerprint density at radius 2 is 1.72 bits per heavy atom. The molecule has 0 saturated carbocycles. The van der Waals surface area contributed by atoms with E-state index in [1.165, 1.54) is 6.20 Å². The molecule has 1 aliphatic heterocycles. The maximum Gasteiger partial charge on any atom is 0.284 e. The fourth-order valence-electron chi connectivity index (χ4n) is 2.90. The molecule has 1 atom stereocenters. The molecule has 29 heavy (non-hydrogen) atoms. The van der Waals surface area contributed by atoms with Crippen LogP contribution in [0.1, 0.15) is 11.1 Å². The van der Waals surface area contributed by atoms with Gasteiger partial charge >= 0.3 is 0 Å². The summed E-state index contributed by atoms with van der Waals surface area (Å²) in [6.45, 7) is 1.89. The SMILES string of the molecule is COc1ccc(P2(=S)NC(=S)c3cnn(S(=O)(=O)c4ccc(C)cc4)c3N2)cc1. The molecule has 0 aliphatic carbocycles. The Bertz CT molecular complexity index is 1250. The monoisotopic (exact) mass is 464 g/mol. The normalized spacial score (nSPS) is 18.5. The lowest BCUT2D eigenvalue weighted by Crippen LogP contribution is -2.34. The molecule has 0 saturated heterocycles. The van der Waals surface area contributed by atoms with Crippen LogP contribution >= 0.6 is 18.6 Å². The third-order valence-electron chi connectivity index (χ3n) is 4.49. The number of thiocarbonyl (C=S) groups is 1. The standard InChI is InChI=1S/C18H17N4O3PS3/c1-12-3-9-15(10-4-12)29(23,24)22-17-16(11-19-22)18(27)21-26(28,20-17)14-7-5-13(25-2)6-8-14/h3-11H,1-2H3,(H2,20,21,27,28). The first-order valence-electron chi connectivity index (χ1n) is 8.50. The molecule has 150 valence electrons. The minimum Gasteiger partial charge on any atom is -0.497 e. The second kappa shape index (κ2) is 7.21. The van der Waals surface area contributed by atoms with Gasteiger partial charge in [-0.1, -0.05) is 29.9 Å². The molecule has 0 spiro atoms. The molecule has 0 amide bonds. The third kappa shape index (κ3) is 3.46. The number of hydrogen-bond acceptors (Lipinski definition) is 6. The second-order valence-corrected chi connectivity index (χ2v) is 12.4. The van der Waals surface area contributed by atoms with Gasteiger partial charge in [-0.05, 0) is 55.1 Å². The number of benzene rings is 2. The summed E-state index contributed by atoms with van der Waals surface area (Å²) >= 11 is 11.3.